The zero-order valence-corrected chi connectivity index (χ0v) is 11.5. The second kappa shape index (κ2) is 6.11. The van der Waals surface area contributed by atoms with Gasteiger partial charge in [-0.05, 0) is 29.8 Å². The third kappa shape index (κ3) is 3.40. The molecule has 0 fully saturated rings. The molecule has 3 nitrogen and oxygen atoms in total. The zero-order valence-electron chi connectivity index (χ0n) is 10.0. The van der Waals surface area contributed by atoms with Crippen LogP contribution < -0.4 is 9.84 Å². The van der Waals surface area contributed by atoms with Crippen LogP contribution in [0.15, 0.2) is 36.4 Å². The van der Waals surface area contributed by atoms with Gasteiger partial charge in [0.2, 0.25) is 0 Å². The first-order chi connectivity index (χ1) is 9.47. The van der Waals surface area contributed by atoms with Crippen molar-refractivity contribution in [3.63, 3.8) is 0 Å². The minimum atomic E-state index is -1.38. The average molecular weight is 314 g/mol. The molecule has 0 atom stereocenters. The van der Waals surface area contributed by atoms with E-state index in [1.54, 1.807) is 12.1 Å². The first-order valence-electron chi connectivity index (χ1n) is 5.55. The molecule has 0 heterocycles. The molecule has 2 rings (SSSR count). The lowest BCUT2D eigenvalue weighted by Gasteiger charge is -2.12. The molecule has 0 aliphatic heterocycles. The fraction of sp³-hybridized carbons (Fsp3) is 0.0714. The molecule has 104 valence electrons. The third-order valence-electron chi connectivity index (χ3n) is 2.53. The van der Waals surface area contributed by atoms with E-state index in [2.05, 4.69) is 0 Å². The monoisotopic (exact) mass is 313 g/mol. The van der Waals surface area contributed by atoms with Crippen LogP contribution in [-0.2, 0) is 6.61 Å². The van der Waals surface area contributed by atoms with Crippen molar-refractivity contribution in [3.8, 4) is 5.75 Å². The quantitative estimate of drug-likeness (QED) is 0.871. The Balaban J connectivity index is 2.17. The van der Waals surface area contributed by atoms with Gasteiger partial charge in [0.05, 0.1) is 16.0 Å². The van der Waals surface area contributed by atoms with Crippen molar-refractivity contribution in [1.82, 2.24) is 0 Å². The maximum absolute atomic E-state index is 12.8. The second-order valence-electron chi connectivity index (χ2n) is 3.97. The Kier molecular flexibility index (Phi) is 4.47. The number of hydrogen-bond donors (Lipinski definition) is 0. The van der Waals surface area contributed by atoms with Gasteiger partial charge in [-0.1, -0.05) is 35.3 Å². The number of benzene rings is 2. The highest BCUT2D eigenvalue weighted by atomic mass is 35.5. The van der Waals surface area contributed by atoms with E-state index in [0.717, 1.165) is 5.56 Å². The molecule has 0 amide bonds. The van der Waals surface area contributed by atoms with Crippen molar-refractivity contribution >= 4 is 29.2 Å². The van der Waals surface area contributed by atoms with Crippen molar-refractivity contribution in [1.29, 1.82) is 0 Å². The van der Waals surface area contributed by atoms with Gasteiger partial charge in [-0.15, -0.1) is 0 Å². The molecule has 0 unspecified atom stereocenters. The van der Waals surface area contributed by atoms with Gasteiger partial charge < -0.3 is 14.6 Å². The molecule has 0 aromatic heterocycles. The lowest BCUT2D eigenvalue weighted by Crippen LogP contribution is -2.22. The molecule has 0 aliphatic rings. The van der Waals surface area contributed by atoms with Crippen molar-refractivity contribution in [2.75, 3.05) is 0 Å². The van der Waals surface area contributed by atoms with Gasteiger partial charge >= 0.3 is 0 Å². The Bertz CT molecular complexity index is 618. The number of aromatic carboxylic acids is 1. The molecular weight excluding hydrogens is 306 g/mol. The van der Waals surface area contributed by atoms with E-state index in [9.17, 15) is 14.3 Å². The topological polar surface area (TPSA) is 49.4 Å². The van der Waals surface area contributed by atoms with Crippen LogP contribution >= 0.6 is 23.2 Å². The standard InChI is InChI=1S/C14H9Cl2FO3/c15-11-5-9(14(18)19)6-12(16)13(11)20-7-8-1-3-10(17)4-2-8/h1-6H,7H2,(H,18,19)/p-1. The van der Waals surface area contributed by atoms with Gasteiger partial charge in [-0.3, -0.25) is 0 Å². The number of rotatable bonds is 4. The summed E-state index contributed by atoms with van der Waals surface area (Å²) in [5, 5.41) is 10.9. The second-order valence-corrected chi connectivity index (χ2v) is 4.79. The van der Waals surface area contributed by atoms with E-state index in [-0.39, 0.29) is 33.8 Å². The van der Waals surface area contributed by atoms with Crippen LogP contribution in [0.2, 0.25) is 10.0 Å². The fourth-order valence-electron chi connectivity index (χ4n) is 1.55. The highest BCUT2D eigenvalue weighted by Gasteiger charge is 2.10. The minimum absolute atomic E-state index is 0.0683. The molecule has 2 aromatic carbocycles. The van der Waals surface area contributed by atoms with Crippen molar-refractivity contribution in [2.24, 2.45) is 0 Å². The summed E-state index contributed by atoms with van der Waals surface area (Å²) in [7, 11) is 0. The van der Waals surface area contributed by atoms with Crippen molar-refractivity contribution < 1.29 is 19.0 Å². The average Bonchev–Trinajstić information content (AvgIpc) is 2.39. The Morgan fingerprint density at radius 2 is 1.70 bits per heavy atom. The van der Waals surface area contributed by atoms with Gasteiger partial charge in [0.25, 0.3) is 0 Å². The normalized spacial score (nSPS) is 10.3. The first kappa shape index (κ1) is 14.6. The molecule has 0 N–H and O–H groups in total. The lowest BCUT2D eigenvalue weighted by molar-refractivity contribution is -0.255. The van der Waals surface area contributed by atoms with Gasteiger partial charge in [-0.25, -0.2) is 4.39 Å². The number of ether oxygens (including phenoxy) is 1. The molecule has 0 saturated carbocycles. The van der Waals surface area contributed by atoms with Crippen LogP contribution in [0.4, 0.5) is 4.39 Å². The Labute approximate surface area is 124 Å². The Morgan fingerprint density at radius 1 is 1.15 bits per heavy atom. The predicted octanol–water partition coefficient (Wildman–Crippen LogP) is 3.08. The van der Waals surface area contributed by atoms with Crippen LogP contribution in [0.25, 0.3) is 0 Å². The maximum Gasteiger partial charge on any atom is 0.157 e. The van der Waals surface area contributed by atoms with Crippen LogP contribution in [-0.4, -0.2) is 5.97 Å². The number of carbonyl (C=O) groups excluding carboxylic acids is 1. The van der Waals surface area contributed by atoms with Crippen LogP contribution in [0, 0.1) is 5.82 Å². The zero-order chi connectivity index (χ0) is 14.7. The molecular formula is C14H8Cl2FO3-. The van der Waals surface area contributed by atoms with Gasteiger partial charge in [0.15, 0.2) is 5.75 Å². The van der Waals surface area contributed by atoms with Crippen LogP contribution in [0.3, 0.4) is 0 Å². The number of carboxylic acids is 1. The fourth-order valence-corrected chi connectivity index (χ4v) is 2.15. The van der Waals surface area contributed by atoms with Gasteiger partial charge in [0, 0.05) is 5.56 Å². The van der Waals surface area contributed by atoms with E-state index in [4.69, 9.17) is 27.9 Å². The summed E-state index contributed by atoms with van der Waals surface area (Å²) < 4.78 is 18.2. The maximum atomic E-state index is 12.8. The highest BCUT2D eigenvalue weighted by molar-refractivity contribution is 6.37. The lowest BCUT2D eigenvalue weighted by atomic mass is 10.2. The minimum Gasteiger partial charge on any atom is -0.545 e. The summed E-state index contributed by atoms with van der Waals surface area (Å²) in [6, 6.07) is 8.13. The summed E-state index contributed by atoms with van der Waals surface area (Å²) in [5.41, 5.74) is 0.594. The SMILES string of the molecule is O=C([O-])c1cc(Cl)c(OCc2ccc(F)cc2)c(Cl)c1. The van der Waals surface area contributed by atoms with Gasteiger partial charge in [0.1, 0.15) is 12.4 Å². The van der Waals surface area contributed by atoms with E-state index in [1.807, 2.05) is 0 Å². The molecule has 0 aliphatic carbocycles. The summed E-state index contributed by atoms with van der Waals surface area (Å²) in [4.78, 5) is 10.7. The number of carboxylic acid groups (broad SMARTS) is 1. The molecule has 20 heavy (non-hydrogen) atoms. The van der Waals surface area contributed by atoms with Gasteiger partial charge in [-0.2, -0.15) is 0 Å². The van der Waals surface area contributed by atoms with Crippen molar-refractivity contribution in [2.45, 2.75) is 6.61 Å². The predicted molar refractivity (Wildman–Crippen MR) is 71.5 cm³/mol. The highest BCUT2D eigenvalue weighted by Crippen LogP contribution is 2.34. The third-order valence-corrected chi connectivity index (χ3v) is 3.09. The Hall–Kier alpha value is -1.78. The number of hydrogen-bond acceptors (Lipinski definition) is 3. The van der Waals surface area contributed by atoms with Crippen molar-refractivity contribution in [3.05, 3.63) is 63.4 Å². The largest absolute Gasteiger partial charge is 0.545 e. The Morgan fingerprint density at radius 3 is 2.20 bits per heavy atom. The smallest absolute Gasteiger partial charge is 0.157 e. The molecule has 0 radical (unpaired) electrons. The summed E-state index contributed by atoms with van der Waals surface area (Å²) in [5.74, 6) is -1.55. The van der Waals surface area contributed by atoms with E-state index in [1.165, 1.54) is 24.3 Å². The van der Waals surface area contributed by atoms with E-state index < -0.39 is 5.97 Å². The van der Waals surface area contributed by atoms with E-state index in [0.29, 0.717) is 0 Å². The summed E-state index contributed by atoms with van der Waals surface area (Å²) in [6.45, 7) is 0.129. The summed E-state index contributed by atoms with van der Waals surface area (Å²) in [6.07, 6.45) is 0. The van der Waals surface area contributed by atoms with Crippen LogP contribution in [0.1, 0.15) is 15.9 Å². The summed E-state index contributed by atoms with van der Waals surface area (Å²) >= 11 is 11.8. The molecule has 0 bridgehead atoms. The first-order valence-corrected chi connectivity index (χ1v) is 6.30. The number of halogens is 3. The number of carbonyl (C=O) groups is 1. The van der Waals surface area contributed by atoms with Crippen LogP contribution in [0.5, 0.6) is 5.75 Å². The van der Waals surface area contributed by atoms with E-state index >= 15 is 0 Å². The molecule has 6 heteroatoms. The molecule has 0 saturated heterocycles. The molecule has 2 aromatic rings. The molecule has 0 spiro atoms.